The van der Waals surface area contributed by atoms with Crippen LogP contribution in [0.25, 0.3) is 0 Å². The molecular formula is C11H24FN. The minimum absolute atomic E-state index is 0. The molecule has 1 heterocycles. The number of quaternary nitrogens is 1. The van der Waals surface area contributed by atoms with Gasteiger partial charge in [0, 0.05) is 5.92 Å². The smallest absolute Gasteiger partial charge is 0.0799 e. The Morgan fingerprint density at radius 3 is 2.62 bits per heavy atom. The van der Waals surface area contributed by atoms with E-state index < -0.39 is 0 Å². The van der Waals surface area contributed by atoms with Crippen molar-refractivity contribution in [2.45, 2.75) is 46.0 Å². The van der Waals surface area contributed by atoms with Crippen molar-refractivity contribution in [2.24, 2.45) is 5.92 Å². The monoisotopic (exact) mass is 189 g/mol. The van der Waals surface area contributed by atoms with Gasteiger partial charge >= 0.3 is 0 Å². The molecule has 2 heteroatoms. The van der Waals surface area contributed by atoms with Gasteiger partial charge in [-0.05, 0) is 25.7 Å². The number of hydrogen-bond donors (Lipinski definition) is 1. The molecule has 0 aromatic heterocycles. The fourth-order valence-corrected chi connectivity index (χ4v) is 2.49. The summed E-state index contributed by atoms with van der Waals surface area (Å²) < 4.78 is 0. The standard InChI is InChI=1S/C11H23N.FH/c1-3-6-11-7-5-9-12(10-11)8-4-2;/h11H,3-10H2,1-2H3;1H. The van der Waals surface area contributed by atoms with Crippen LogP contribution in [-0.4, -0.2) is 19.6 Å². The van der Waals surface area contributed by atoms with Gasteiger partial charge < -0.3 is 9.60 Å². The highest BCUT2D eigenvalue weighted by Gasteiger charge is 2.20. The molecule has 0 bridgehead atoms. The summed E-state index contributed by atoms with van der Waals surface area (Å²) in [7, 11) is 0. The van der Waals surface area contributed by atoms with Gasteiger partial charge in [0.1, 0.15) is 0 Å². The molecule has 1 N–H and O–H groups in total. The number of piperidine rings is 1. The molecule has 13 heavy (non-hydrogen) atoms. The van der Waals surface area contributed by atoms with Crippen molar-refractivity contribution in [3.8, 4) is 0 Å². The van der Waals surface area contributed by atoms with Crippen molar-refractivity contribution in [2.75, 3.05) is 19.6 Å². The molecular weight excluding hydrogens is 165 g/mol. The van der Waals surface area contributed by atoms with Crippen LogP contribution < -0.4 is 9.60 Å². The molecule has 1 aliphatic rings. The lowest BCUT2D eigenvalue weighted by Gasteiger charge is -2.29. The Labute approximate surface area is 81.9 Å². The summed E-state index contributed by atoms with van der Waals surface area (Å²) in [6.07, 6.45) is 7.17. The Kier molecular flexibility index (Phi) is 7.25. The molecule has 0 spiro atoms. The van der Waals surface area contributed by atoms with Crippen LogP contribution in [-0.2, 0) is 0 Å². The van der Waals surface area contributed by atoms with E-state index in [-0.39, 0.29) is 4.70 Å². The molecule has 1 fully saturated rings. The molecule has 0 amide bonds. The number of halogens is 1. The summed E-state index contributed by atoms with van der Waals surface area (Å²) in [5.74, 6) is 1.05. The van der Waals surface area contributed by atoms with Crippen molar-refractivity contribution in [3.05, 3.63) is 0 Å². The summed E-state index contributed by atoms with van der Waals surface area (Å²) in [6.45, 7) is 8.92. The maximum atomic E-state index is 2.31. The first kappa shape index (κ1) is 12.9. The lowest BCUT2D eigenvalue weighted by atomic mass is 9.94. The van der Waals surface area contributed by atoms with E-state index in [1.54, 1.807) is 0 Å². The van der Waals surface area contributed by atoms with E-state index >= 15 is 0 Å². The predicted molar refractivity (Wildman–Crippen MR) is 53.5 cm³/mol. The van der Waals surface area contributed by atoms with Crippen LogP contribution in [0, 0.1) is 5.92 Å². The van der Waals surface area contributed by atoms with E-state index in [1.165, 1.54) is 51.7 Å². The van der Waals surface area contributed by atoms with Gasteiger partial charge in [0.25, 0.3) is 0 Å². The van der Waals surface area contributed by atoms with Crippen molar-refractivity contribution in [1.82, 2.24) is 0 Å². The molecule has 1 rings (SSSR count). The van der Waals surface area contributed by atoms with Crippen molar-refractivity contribution in [1.29, 1.82) is 0 Å². The maximum absolute atomic E-state index is 2.31. The number of nitrogens with one attached hydrogen (secondary N) is 1. The third-order valence-corrected chi connectivity index (χ3v) is 3.02. The zero-order chi connectivity index (χ0) is 8.81. The lowest BCUT2D eigenvalue weighted by molar-refractivity contribution is -0.908. The van der Waals surface area contributed by atoms with Gasteiger partial charge in [-0.3, -0.25) is 0 Å². The van der Waals surface area contributed by atoms with Gasteiger partial charge in [0.05, 0.1) is 19.6 Å². The second-order valence-electron chi connectivity index (χ2n) is 4.25. The van der Waals surface area contributed by atoms with Gasteiger partial charge in [-0.2, -0.15) is 0 Å². The van der Waals surface area contributed by atoms with Crippen LogP contribution in [0.4, 0.5) is 0 Å². The normalized spacial score (nSPS) is 28.2. The first-order chi connectivity index (χ1) is 5.86. The fourth-order valence-electron chi connectivity index (χ4n) is 2.49. The van der Waals surface area contributed by atoms with E-state index in [1.807, 2.05) is 4.90 Å². The van der Waals surface area contributed by atoms with Crippen LogP contribution in [0.1, 0.15) is 46.0 Å². The number of hydrogen-bond acceptors (Lipinski definition) is 0. The summed E-state index contributed by atoms with van der Waals surface area (Å²) in [5, 5.41) is 0. The predicted octanol–water partition coefficient (Wildman–Crippen LogP) is -1.50. The van der Waals surface area contributed by atoms with Crippen molar-refractivity contribution < 1.29 is 9.60 Å². The quantitative estimate of drug-likeness (QED) is 0.549. The zero-order valence-electron chi connectivity index (χ0n) is 9.11. The second kappa shape index (κ2) is 7.31. The molecule has 2 unspecified atom stereocenters. The van der Waals surface area contributed by atoms with Crippen LogP contribution in [0.3, 0.4) is 0 Å². The highest BCUT2D eigenvalue weighted by molar-refractivity contribution is 4.60. The van der Waals surface area contributed by atoms with Gasteiger partial charge in [-0.25, -0.2) is 0 Å². The molecule has 0 aromatic rings. The maximum Gasteiger partial charge on any atom is 0.0799 e. The summed E-state index contributed by atoms with van der Waals surface area (Å²) in [6, 6.07) is 0. The molecule has 1 saturated heterocycles. The topological polar surface area (TPSA) is 4.44 Å². The molecule has 0 aliphatic carbocycles. The SMILES string of the molecule is CCCC1CCC[NH+](CCC)C1.[F-]. The Hall–Kier alpha value is -0.110. The van der Waals surface area contributed by atoms with Gasteiger partial charge in [0.2, 0.25) is 0 Å². The fraction of sp³-hybridized carbons (Fsp3) is 1.00. The third kappa shape index (κ3) is 4.61. The van der Waals surface area contributed by atoms with Crippen LogP contribution in [0.2, 0.25) is 0 Å². The molecule has 0 aromatic carbocycles. The Morgan fingerprint density at radius 1 is 1.23 bits per heavy atom. The highest BCUT2D eigenvalue weighted by Crippen LogP contribution is 2.13. The van der Waals surface area contributed by atoms with Gasteiger partial charge in [-0.1, -0.05) is 20.3 Å². The van der Waals surface area contributed by atoms with E-state index in [4.69, 9.17) is 0 Å². The molecule has 0 radical (unpaired) electrons. The lowest BCUT2D eigenvalue weighted by Crippen LogP contribution is -3.13. The van der Waals surface area contributed by atoms with Gasteiger partial charge in [-0.15, -0.1) is 0 Å². The van der Waals surface area contributed by atoms with Gasteiger partial charge in [0.15, 0.2) is 0 Å². The average Bonchev–Trinajstić information content (AvgIpc) is 2.06. The van der Waals surface area contributed by atoms with E-state index in [0.29, 0.717) is 0 Å². The number of rotatable bonds is 4. The van der Waals surface area contributed by atoms with Crippen LogP contribution in [0.15, 0.2) is 0 Å². The van der Waals surface area contributed by atoms with E-state index in [2.05, 4.69) is 13.8 Å². The van der Waals surface area contributed by atoms with Crippen LogP contribution in [0.5, 0.6) is 0 Å². The largest absolute Gasteiger partial charge is 1.00 e. The minimum Gasteiger partial charge on any atom is -1.00 e. The Balaban J connectivity index is 0.00000144. The molecule has 1 aliphatic heterocycles. The summed E-state index contributed by atoms with van der Waals surface area (Å²) in [5.41, 5.74) is 0. The van der Waals surface area contributed by atoms with E-state index in [0.717, 1.165) is 5.92 Å². The second-order valence-corrected chi connectivity index (χ2v) is 4.25. The van der Waals surface area contributed by atoms with Crippen molar-refractivity contribution >= 4 is 0 Å². The minimum atomic E-state index is 0. The average molecular weight is 189 g/mol. The first-order valence-electron chi connectivity index (χ1n) is 5.70. The first-order valence-corrected chi connectivity index (χ1v) is 5.70. The highest BCUT2D eigenvalue weighted by atomic mass is 19.0. The zero-order valence-corrected chi connectivity index (χ0v) is 9.11. The number of likely N-dealkylation sites (tertiary alicyclic amines) is 1. The Bertz CT molecular complexity index is 101. The molecule has 2 atom stereocenters. The van der Waals surface area contributed by atoms with Crippen molar-refractivity contribution in [3.63, 3.8) is 0 Å². The van der Waals surface area contributed by atoms with E-state index in [9.17, 15) is 0 Å². The summed E-state index contributed by atoms with van der Waals surface area (Å²) >= 11 is 0. The molecule has 0 saturated carbocycles. The third-order valence-electron chi connectivity index (χ3n) is 3.02. The Morgan fingerprint density at radius 2 is 2.00 bits per heavy atom. The molecule has 80 valence electrons. The summed E-state index contributed by atoms with van der Waals surface area (Å²) in [4.78, 5) is 1.86. The van der Waals surface area contributed by atoms with Crippen LogP contribution >= 0.6 is 0 Å². The molecule has 1 nitrogen and oxygen atoms in total.